The van der Waals surface area contributed by atoms with E-state index in [2.05, 4.69) is 17.5 Å². The molecule has 3 aliphatic carbocycles. The van der Waals surface area contributed by atoms with E-state index in [9.17, 15) is 9.26 Å². The van der Waals surface area contributed by atoms with E-state index in [1.54, 1.807) is 4.57 Å². The number of aromatic nitrogens is 1. The Kier molecular flexibility index (Phi) is 4.82. The number of nitrogens with zero attached hydrogens (tertiary/aromatic N) is 1. The minimum Gasteiger partial charge on any atom is -0.388 e. The molecule has 4 nitrogen and oxygen atoms in total. The standard InChI is InChI=1S/C21H28N2O2Si/c1-23-13-19(16-5-3-4-6-17(16)21(23)24)18-11-15(26(2)25)9-10-20(18)22-12-14-7-8-14/h9-10,13-14,18,22H,3-8,11-12H2,1-2H3. The lowest BCUT2D eigenvalue weighted by Crippen LogP contribution is -2.30. The highest BCUT2D eigenvalue weighted by Gasteiger charge is 2.30. The van der Waals surface area contributed by atoms with Crippen LogP contribution in [0.15, 0.2) is 34.0 Å². The minimum atomic E-state index is -1.68. The second kappa shape index (κ2) is 7.10. The average Bonchev–Trinajstić information content (AvgIpc) is 3.47. The first-order valence-electron chi connectivity index (χ1n) is 9.91. The zero-order valence-electron chi connectivity index (χ0n) is 15.8. The fourth-order valence-corrected chi connectivity index (χ4v) is 5.14. The molecule has 1 saturated carbocycles. The summed E-state index contributed by atoms with van der Waals surface area (Å²) in [7, 11) is 0.180. The number of allylic oxidation sites excluding steroid dienone is 4. The van der Waals surface area contributed by atoms with Crippen LogP contribution in [0.3, 0.4) is 0 Å². The van der Waals surface area contributed by atoms with Gasteiger partial charge in [0.15, 0.2) is 0 Å². The number of fused-ring (bicyclic) bond motifs is 1. The van der Waals surface area contributed by atoms with Gasteiger partial charge in [-0.3, -0.25) is 4.79 Å². The van der Waals surface area contributed by atoms with Crippen molar-refractivity contribution >= 4 is 8.68 Å². The number of pyridine rings is 1. The van der Waals surface area contributed by atoms with Gasteiger partial charge in [0, 0.05) is 37.0 Å². The molecule has 0 radical (unpaired) electrons. The molecule has 0 aromatic carbocycles. The monoisotopic (exact) mass is 368 g/mol. The number of aryl methyl sites for hydroxylation is 1. The minimum absolute atomic E-state index is 0.163. The van der Waals surface area contributed by atoms with Gasteiger partial charge in [0.25, 0.3) is 5.56 Å². The molecule has 3 aliphatic rings. The first kappa shape index (κ1) is 17.7. The molecule has 0 bridgehead atoms. The van der Waals surface area contributed by atoms with Gasteiger partial charge in [0.05, 0.1) is 0 Å². The zero-order valence-corrected chi connectivity index (χ0v) is 16.8. The van der Waals surface area contributed by atoms with Crippen molar-refractivity contribution in [3.63, 3.8) is 0 Å². The van der Waals surface area contributed by atoms with Crippen LogP contribution in [0.25, 0.3) is 0 Å². The van der Waals surface area contributed by atoms with Gasteiger partial charge in [-0.1, -0.05) is 6.08 Å². The van der Waals surface area contributed by atoms with E-state index in [-0.39, 0.29) is 11.5 Å². The third kappa shape index (κ3) is 3.41. The normalized spacial score (nSPS) is 22.3. The predicted octanol–water partition coefficient (Wildman–Crippen LogP) is 3.15. The molecule has 1 N–H and O–H groups in total. The summed E-state index contributed by atoms with van der Waals surface area (Å²) in [6.07, 6.45) is 13.8. The molecule has 0 amide bonds. The maximum atomic E-state index is 12.6. The molecule has 5 heteroatoms. The smallest absolute Gasteiger partial charge is 0.304 e. The van der Waals surface area contributed by atoms with Crippen molar-refractivity contribution in [3.05, 3.63) is 56.3 Å². The molecule has 4 rings (SSSR count). The third-order valence-corrected chi connectivity index (χ3v) is 7.39. The molecule has 1 aromatic heterocycles. The largest absolute Gasteiger partial charge is 0.388 e. The quantitative estimate of drug-likeness (QED) is 0.812. The molecule has 0 spiro atoms. The summed E-state index contributed by atoms with van der Waals surface area (Å²) < 4.78 is 13.9. The summed E-state index contributed by atoms with van der Waals surface area (Å²) in [5, 5.41) is 4.74. The van der Waals surface area contributed by atoms with Crippen LogP contribution in [-0.4, -0.2) is 19.8 Å². The molecule has 26 heavy (non-hydrogen) atoms. The first-order valence-corrected chi connectivity index (χ1v) is 11.8. The van der Waals surface area contributed by atoms with E-state index in [1.165, 1.54) is 29.7 Å². The van der Waals surface area contributed by atoms with Crippen molar-refractivity contribution in [3.8, 4) is 0 Å². The van der Waals surface area contributed by atoms with Crippen LogP contribution in [0, 0.1) is 5.92 Å². The van der Waals surface area contributed by atoms with E-state index in [1.807, 2.05) is 19.8 Å². The lowest BCUT2D eigenvalue weighted by molar-refractivity contribution is 0.563. The Labute approximate surface area is 156 Å². The van der Waals surface area contributed by atoms with E-state index in [0.717, 1.165) is 55.3 Å². The molecule has 1 aromatic rings. The Balaban J connectivity index is 1.75. The van der Waals surface area contributed by atoms with Crippen LogP contribution in [0.2, 0.25) is 6.55 Å². The van der Waals surface area contributed by atoms with Gasteiger partial charge >= 0.3 is 8.68 Å². The Morgan fingerprint density at radius 1 is 1.19 bits per heavy atom. The van der Waals surface area contributed by atoms with Crippen molar-refractivity contribution in [2.45, 2.75) is 57.4 Å². The fourth-order valence-electron chi connectivity index (χ4n) is 4.33. The molecular formula is C21H28N2O2Si. The van der Waals surface area contributed by atoms with E-state index >= 15 is 0 Å². The number of rotatable bonds is 5. The van der Waals surface area contributed by atoms with E-state index in [4.69, 9.17) is 0 Å². The van der Waals surface area contributed by atoms with Gasteiger partial charge in [-0.2, -0.15) is 0 Å². The van der Waals surface area contributed by atoms with Crippen molar-refractivity contribution in [2.75, 3.05) is 6.54 Å². The fraction of sp³-hybridized carbons (Fsp3) is 0.571. The van der Waals surface area contributed by atoms with Crippen LogP contribution < -0.4 is 10.9 Å². The summed E-state index contributed by atoms with van der Waals surface area (Å²) in [4.78, 5) is 12.6. The number of hydrogen-bond acceptors (Lipinski definition) is 3. The van der Waals surface area contributed by atoms with Gasteiger partial charge in [0.2, 0.25) is 0 Å². The molecule has 0 saturated heterocycles. The highest BCUT2D eigenvalue weighted by atomic mass is 28.3. The third-order valence-electron chi connectivity index (χ3n) is 6.11. The van der Waals surface area contributed by atoms with Crippen molar-refractivity contribution in [2.24, 2.45) is 13.0 Å². The van der Waals surface area contributed by atoms with Crippen LogP contribution in [0.5, 0.6) is 0 Å². The lowest BCUT2D eigenvalue weighted by Gasteiger charge is -2.30. The van der Waals surface area contributed by atoms with Gasteiger partial charge < -0.3 is 14.3 Å². The SMILES string of the molecule is Cn1cc(C2CC([Si](C)=O)=CC=C2NCC2CC2)c2c(c1=O)CCCC2. The van der Waals surface area contributed by atoms with Gasteiger partial charge in [0.1, 0.15) is 0 Å². The first-order chi connectivity index (χ1) is 12.5. The molecule has 1 unspecified atom stereocenters. The summed E-state index contributed by atoms with van der Waals surface area (Å²) in [5.74, 6) is 1.00. The molecule has 1 heterocycles. The highest BCUT2D eigenvalue weighted by Crippen LogP contribution is 2.38. The zero-order chi connectivity index (χ0) is 18.3. The average molecular weight is 369 g/mol. The summed E-state index contributed by atoms with van der Waals surface area (Å²) >= 11 is 0. The Hall–Kier alpha value is -1.75. The summed E-state index contributed by atoms with van der Waals surface area (Å²) in [5.41, 5.74) is 4.94. The number of hydrogen-bond donors (Lipinski definition) is 1. The summed E-state index contributed by atoms with van der Waals surface area (Å²) in [6, 6.07) is 0. The van der Waals surface area contributed by atoms with Crippen LogP contribution >= 0.6 is 0 Å². The molecule has 138 valence electrons. The van der Waals surface area contributed by atoms with Gasteiger partial charge in [-0.25, -0.2) is 0 Å². The topological polar surface area (TPSA) is 51.1 Å². The highest BCUT2D eigenvalue weighted by molar-refractivity contribution is 6.50. The van der Waals surface area contributed by atoms with Crippen molar-refractivity contribution in [1.29, 1.82) is 0 Å². The lowest BCUT2D eigenvalue weighted by atomic mass is 9.81. The van der Waals surface area contributed by atoms with Crippen molar-refractivity contribution in [1.82, 2.24) is 9.88 Å². The van der Waals surface area contributed by atoms with E-state index < -0.39 is 8.68 Å². The predicted molar refractivity (Wildman–Crippen MR) is 105 cm³/mol. The van der Waals surface area contributed by atoms with Gasteiger partial charge in [-0.05, 0) is 79.8 Å². The van der Waals surface area contributed by atoms with Crippen LogP contribution in [0.4, 0.5) is 0 Å². The van der Waals surface area contributed by atoms with Crippen LogP contribution in [0.1, 0.15) is 54.7 Å². The summed E-state index contributed by atoms with van der Waals surface area (Å²) in [6.45, 7) is 2.86. The number of nitrogens with one attached hydrogen (secondary N) is 1. The second-order valence-electron chi connectivity index (χ2n) is 8.12. The Bertz CT molecular complexity index is 861. The maximum Gasteiger partial charge on any atom is 0.304 e. The Morgan fingerprint density at radius 3 is 2.62 bits per heavy atom. The Morgan fingerprint density at radius 2 is 1.92 bits per heavy atom. The maximum absolute atomic E-state index is 12.6. The molecule has 0 aliphatic heterocycles. The molecule has 1 fully saturated rings. The van der Waals surface area contributed by atoms with Crippen LogP contribution in [-0.2, 0) is 24.4 Å². The van der Waals surface area contributed by atoms with Gasteiger partial charge in [-0.15, -0.1) is 0 Å². The molecular weight excluding hydrogens is 340 g/mol. The second-order valence-corrected chi connectivity index (χ2v) is 9.87. The molecule has 1 atom stereocenters. The van der Waals surface area contributed by atoms with E-state index in [0.29, 0.717) is 0 Å². The van der Waals surface area contributed by atoms with Crippen molar-refractivity contribution < 1.29 is 4.46 Å².